The first kappa shape index (κ1) is 7.66. The zero-order valence-corrected chi connectivity index (χ0v) is 6.84. The molecule has 0 aromatic carbocycles. The monoisotopic (exact) mass is 178 g/mol. The lowest BCUT2D eigenvalue weighted by Gasteiger charge is -1.86. The summed E-state index contributed by atoms with van der Waals surface area (Å²) in [6.45, 7) is 0. The molecule has 0 N–H and O–H groups in total. The molecular weight excluding hydrogens is 172 g/mol. The molecule has 0 saturated heterocycles. The number of hydrogen-bond donors (Lipinski definition) is 0. The number of carbonyl (C=O) groups excluding carboxylic acids is 1. The van der Waals surface area contributed by atoms with Gasteiger partial charge in [0.05, 0.1) is 18.9 Å². The average Bonchev–Trinajstić information content (AvgIpc) is 2.72. The van der Waals surface area contributed by atoms with Crippen molar-refractivity contribution in [3.05, 3.63) is 30.0 Å². The molecular formula is C7H6N4O2. The fraction of sp³-hybridized carbons (Fsp3) is 0.143. The van der Waals surface area contributed by atoms with Gasteiger partial charge in [-0.25, -0.2) is 0 Å². The molecule has 0 aliphatic carbocycles. The second kappa shape index (κ2) is 2.81. The summed E-state index contributed by atoms with van der Waals surface area (Å²) in [5, 5.41) is 10.9. The van der Waals surface area contributed by atoms with E-state index in [1.807, 2.05) is 0 Å². The number of ketones is 1. The summed E-state index contributed by atoms with van der Waals surface area (Å²) in [5.74, 6) is -0.217. The quantitative estimate of drug-likeness (QED) is 0.606. The third-order valence-electron chi connectivity index (χ3n) is 1.49. The minimum Gasteiger partial charge on any atom is -0.472 e. The molecule has 2 heterocycles. The van der Waals surface area contributed by atoms with E-state index in [0.29, 0.717) is 5.56 Å². The van der Waals surface area contributed by atoms with Crippen LogP contribution in [-0.4, -0.2) is 26.0 Å². The van der Waals surface area contributed by atoms with Gasteiger partial charge in [-0.1, -0.05) is 0 Å². The SMILES string of the molecule is Cn1nnc(C(=O)c2ccoc2)n1. The molecule has 2 aromatic heterocycles. The number of hydrogen-bond acceptors (Lipinski definition) is 5. The fourth-order valence-electron chi connectivity index (χ4n) is 0.898. The zero-order chi connectivity index (χ0) is 9.26. The van der Waals surface area contributed by atoms with Crippen LogP contribution in [0.4, 0.5) is 0 Å². The molecule has 0 aliphatic rings. The minimum atomic E-state index is -0.290. The Morgan fingerprint density at radius 1 is 1.62 bits per heavy atom. The summed E-state index contributed by atoms with van der Waals surface area (Å²) in [5.41, 5.74) is 0.424. The number of aromatic nitrogens is 4. The van der Waals surface area contributed by atoms with E-state index in [1.165, 1.54) is 17.3 Å². The smallest absolute Gasteiger partial charge is 0.245 e. The summed E-state index contributed by atoms with van der Waals surface area (Å²) >= 11 is 0. The maximum atomic E-state index is 11.5. The highest BCUT2D eigenvalue weighted by atomic mass is 16.3. The van der Waals surface area contributed by atoms with Crippen LogP contribution >= 0.6 is 0 Å². The van der Waals surface area contributed by atoms with Crippen molar-refractivity contribution >= 4 is 5.78 Å². The summed E-state index contributed by atoms with van der Waals surface area (Å²) in [6, 6.07) is 1.55. The Labute approximate surface area is 73.2 Å². The molecule has 0 saturated carbocycles. The zero-order valence-electron chi connectivity index (χ0n) is 6.84. The molecule has 6 heteroatoms. The van der Waals surface area contributed by atoms with Gasteiger partial charge in [0, 0.05) is 0 Å². The van der Waals surface area contributed by atoms with Crippen LogP contribution in [0.5, 0.6) is 0 Å². The van der Waals surface area contributed by atoms with Crippen molar-refractivity contribution in [1.29, 1.82) is 0 Å². The molecule has 6 nitrogen and oxygen atoms in total. The topological polar surface area (TPSA) is 73.8 Å². The Bertz CT molecular complexity index is 417. The van der Waals surface area contributed by atoms with Gasteiger partial charge >= 0.3 is 0 Å². The van der Waals surface area contributed by atoms with Crippen LogP contribution in [0.15, 0.2) is 23.0 Å². The standard InChI is InChI=1S/C7H6N4O2/c1-11-9-7(8-10-11)6(12)5-2-3-13-4-5/h2-4H,1H3. The molecule has 13 heavy (non-hydrogen) atoms. The molecule has 2 aromatic rings. The lowest BCUT2D eigenvalue weighted by atomic mass is 10.2. The third-order valence-corrected chi connectivity index (χ3v) is 1.49. The fourth-order valence-corrected chi connectivity index (χ4v) is 0.898. The van der Waals surface area contributed by atoms with Gasteiger partial charge in [-0.3, -0.25) is 4.79 Å². The van der Waals surface area contributed by atoms with Crippen LogP contribution < -0.4 is 0 Å². The van der Waals surface area contributed by atoms with E-state index in [0.717, 1.165) is 0 Å². The van der Waals surface area contributed by atoms with E-state index in [1.54, 1.807) is 13.1 Å². The van der Waals surface area contributed by atoms with Crippen LogP contribution in [0.3, 0.4) is 0 Å². The van der Waals surface area contributed by atoms with Crippen molar-refractivity contribution in [2.75, 3.05) is 0 Å². The molecule has 0 fully saturated rings. The van der Waals surface area contributed by atoms with Crippen molar-refractivity contribution in [3.8, 4) is 0 Å². The Hall–Kier alpha value is -1.98. The number of nitrogens with zero attached hydrogens (tertiary/aromatic N) is 4. The van der Waals surface area contributed by atoms with Gasteiger partial charge in [0.25, 0.3) is 0 Å². The lowest BCUT2D eigenvalue weighted by molar-refractivity contribution is 0.102. The van der Waals surface area contributed by atoms with Gasteiger partial charge in [-0.15, -0.1) is 10.2 Å². The summed E-state index contributed by atoms with van der Waals surface area (Å²) in [6.07, 6.45) is 2.77. The first-order chi connectivity index (χ1) is 6.27. The van der Waals surface area contributed by atoms with E-state index < -0.39 is 0 Å². The largest absolute Gasteiger partial charge is 0.472 e. The van der Waals surface area contributed by atoms with Gasteiger partial charge < -0.3 is 4.42 Å². The van der Waals surface area contributed by atoms with E-state index in [-0.39, 0.29) is 11.6 Å². The summed E-state index contributed by atoms with van der Waals surface area (Å²) in [7, 11) is 1.60. The maximum absolute atomic E-state index is 11.5. The van der Waals surface area contributed by atoms with Crippen molar-refractivity contribution in [3.63, 3.8) is 0 Å². The molecule has 0 amide bonds. The molecule has 0 atom stereocenters. The highest BCUT2D eigenvalue weighted by molar-refractivity contribution is 6.05. The normalized spacial score (nSPS) is 10.2. The minimum absolute atomic E-state index is 0.0731. The highest BCUT2D eigenvalue weighted by Crippen LogP contribution is 2.04. The first-order valence-electron chi connectivity index (χ1n) is 3.58. The van der Waals surface area contributed by atoms with Gasteiger partial charge in [0.2, 0.25) is 11.6 Å². The first-order valence-corrected chi connectivity index (χ1v) is 3.58. The Balaban J connectivity index is 2.33. The number of furan rings is 1. The molecule has 0 unspecified atom stereocenters. The number of aryl methyl sites for hydroxylation is 1. The molecule has 0 spiro atoms. The highest BCUT2D eigenvalue weighted by Gasteiger charge is 2.15. The predicted molar refractivity (Wildman–Crippen MR) is 40.9 cm³/mol. The van der Waals surface area contributed by atoms with Crippen LogP contribution in [0.2, 0.25) is 0 Å². The molecule has 66 valence electrons. The summed E-state index contributed by atoms with van der Waals surface area (Å²) < 4.78 is 4.76. The van der Waals surface area contributed by atoms with E-state index in [9.17, 15) is 4.79 Å². The van der Waals surface area contributed by atoms with Crippen LogP contribution in [-0.2, 0) is 7.05 Å². The summed E-state index contributed by atoms with van der Waals surface area (Å²) in [4.78, 5) is 12.7. The lowest BCUT2D eigenvalue weighted by Crippen LogP contribution is -2.03. The van der Waals surface area contributed by atoms with E-state index in [2.05, 4.69) is 15.4 Å². The van der Waals surface area contributed by atoms with Crippen LogP contribution in [0.25, 0.3) is 0 Å². The van der Waals surface area contributed by atoms with Gasteiger partial charge in [-0.05, 0) is 11.3 Å². The Kier molecular flexibility index (Phi) is 1.66. The van der Waals surface area contributed by atoms with Gasteiger partial charge in [0.15, 0.2) is 0 Å². The Morgan fingerprint density at radius 2 is 2.46 bits per heavy atom. The van der Waals surface area contributed by atoms with Gasteiger partial charge in [0.1, 0.15) is 6.26 Å². The van der Waals surface area contributed by atoms with Crippen molar-refractivity contribution < 1.29 is 9.21 Å². The van der Waals surface area contributed by atoms with E-state index >= 15 is 0 Å². The van der Waals surface area contributed by atoms with E-state index in [4.69, 9.17) is 4.42 Å². The van der Waals surface area contributed by atoms with Crippen molar-refractivity contribution in [1.82, 2.24) is 20.2 Å². The number of tetrazole rings is 1. The van der Waals surface area contributed by atoms with Crippen LogP contribution in [0, 0.1) is 0 Å². The van der Waals surface area contributed by atoms with Gasteiger partial charge in [-0.2, -0.15) is 4.80 Å². The second-order valence-electron chi connectivity index (χ2n) is 2.44. The number of carbonyl (C=O) groups is 1. The second-order valence-corrected chi connectivity index (χ2v) is 2.44. The molecule has 0 aliphatic heterocycles. The molecule has 0 bridgehead atoms. The molecule has 2 rings (SSSR count). The van der Waals surface area contributed by atoms with Crippen molar-refractivity contribution in [2.24, 2.45) is 7.05 Å². The Morgan fingerprint density at radius 3 is 3.00 bits per heavy atom. The average molecular weight is 178 g/mol. The van der Waals surface area contributed by atoms with Crippen molar-refractivity contribution in [2.45, 2.75) is 0 Å². The third kappa shape index (κ3) is 1.33. The molecule has 0 radical (unpaired) electrons. The van der Waals surface area contributed by atoms with Crippen LogP contribution in [0.1, 0.15) is 16.2 Å². The predicted octanol–water partition coefficient (Wildman–Crippen LogP) is 0.0341. The maximum Gasteiger partial charge on any atom is 0.245 e. The number of rotatable bonds is 2.